The van der Waals surface area contributed by atoms with Gasteiger partial charge in [0.05, 0.1) is 0 Å². The second kappa shape index (κ2) is 13.0. The highest BCUT2D eigenvalue weighted by atomic mass is 16.3. The van der Waals surface area contributed by atoms with Crippen LogP contribution in [-0.2, 0) is 5.41 Å². The van der Waals surface area contributed by atoms with Crippen LogP contribution < -0.4 is 0 Å². The highest BCUT2D eigenvalue weighted by Crippen LogP contribution is 2.44. The molecular weight excluding hydrogens is 556 g/mol. The molecule has 2 aromatic rings. The molecule has 244 valence electrons. The highest BCUT2D eigenvalue weighted by Gasteiger charge is 2.37. The third kappa shape index (κ3) is 7.84. The second-order valence-electron chi connectivity index (χ2n) is 16.5. The van der Waals surface area contributed by atoms with Gasteiger partial charge >= 0.3 is 0 Å². The van der Waals surface area contributed by atoms with E-state index >= 15 is 0 Å². The van der Waals surface area contributed by atoms with Crippen molar-refractivity contribution in [2.24, 2.45) is 11.3 Å². The minimum absolute atomic E-state index is 0.0190. The van der Waals surface area contributed by atoms with Gasteiger partial charge in [0.2, 0.25) is 0 Å². The number of likely N-dealkylation sites (tertiary alicyclic amines) is 1. The summed E-state index contributed by atoms with van der Waals surface area (Å²) in [6.45, 7) is 20.3. The average Bonchev–Trinajstić information content (AvgIpc) is 3.35. The SMILES string of the molecule is C=C(O)C1=CCC/C(CC2CCCCN(C(=O)c3cc4nc(C5CCC(C)(C)CC5)cc(C(C)(C)C)c4o3)C(C)(C)C2)=C/C=C1. The lowest BCUT2D eigenvalue weighted by Gasteiger charge is -2.42. The van der Waals surface area contributed by atoms with Crippen molar-refractivity contribution in [1.82, 2.24) is 9.88 Å². The predicted molar refractivity (Wildman–Crippen MR) is 186 cm³/mol. The van der Waals surface area contributed by atoms with Crippen molar-refractivity contribution in [1.29, 1.82) is 0 Å². The Balaban J connectivity index is 1.37. The minimum Gasteiger partial charge on any atom is -0.508 e. The molecule has 3 heterocycles. The van der Waals surface area contributed by atoms with Gasteiger partial charge < -0.3 is 14.4 Å². The van der Waals surface area contributed by atoms with E-state index in [0.29, 0.717) is 23.0 Å². The van der Waals surface area contributed by atoms with Gasteiger partial charge in [0, 0.05) is 40.9 Å². The van der Waals surface area contributed by atoms with E-state index in [4.69, 9.17) is 9.40 Å². The summed E-state index contributed by atoms with van der Waals surface area (Å²) in [5.74, 6) is 1.47. The summed E-state index contributed by atoms with van der Waals surface area (Å²) in [6.07, 6.45) is 20.1. The largest absolute Gasteiger partial charge is 0.508 e. The molecule has 0 radical (unpaired) electrons. The van der Waals surface area contributed by atoms with Crippen LogP contribution in [0.5, 0.6) is 0 Å². The van der Waals surface area contributed by atoms with Crippen molar-refractivity contribution in [2.75, 3.05) is 6.54 Å². The van der Waals surface area contributed by atoms with Crippen molar-refractivity contribution in [3.8, 4) is 0 Å². The van der Waals surface area contributed by atoms with E-state index in [1.807, 2.05) is 18.2 Å². The van der Waals surface area contributed by atoms with Crippen LogP contribution in [0, 0.1) is 11.3 Å². The Morgan fingerprint density at radius 1 is 1.11 bits per heavy atom. The number of nitrogens with zero attached hydrogens (tertiary/aromatic N) is 2. The van der Waals surface area contributed by atoms with Crippen LogP contribution in [0.3, 0.4) is 0 Å². The quantitative estimate of drug-likeness (QED) is 0.341. The van der Waals surface area contributed by atoms with E-state index in [2.05, 4.69) is 78.2 Å². The van der Waals surface area contributed by atoms with Crippen LogP contribution in [0.4, 0.5) is 0 Å². The van der Waals surface area contributed by atoms with E-state index in [1.165, 1.54) is 24.8 Å². The van der Waals surface area contributed by atoms with Gasteiger partial charge in [0.15, 0.2) is 11.3 Å². The smallest absolute Gasteiger partial charge is 0.290 e. The van der Waals surface area contributed by atoms with Gasteiger partial charge in [-0.2, -0.15) is 0 Å². The fraction of sp³-hybridized carbons (Fsp3) is 0.600. The number of allylic oxidation sites excluding steroid dienone is 5. The van der Waals surface area contributed by atoms with Crippen molar-refractivity contribution in [3.63, 3.8) is 0 Å². The molecule has 1 unspecified atom stereocenters. The number of aliphatic hydroxyl groups excluding tert-OH is 1. The van der Waals surface area contributed by atoms with E-state index in [0.717, 1.165) is 85.8 Å². The van der Waals surface area contributed by atoms with Gasteiger partial charge in [-0.1, -0.05) is 77.5 Å². The lowest BCUT2D eigenvalue weighted by molar-refractivity contribution is 0.0410. The van der Waals surface area contributed by atoms with Crippen LogP contribution in [-0.4, -0.2) is 33.0 Å². The van der Waals surface area contributed by atoms with Crippen LogP contribution in [0.15, 0.2) is 64.3 Å². The molecule has 1 saturated heterocycles. The summed E-state index contributed by atoms with van der Waals surface area (Å²) in [6, 6.07) is 4.19. The van der Waals surface area contributed by atoms with Crippen LogP contribution in [0.2, 0.25) is 0 Å². The van der Waals surface area contributed by atoms with Gasteiger partial charge in [0.25, 0.3) is 5.91 Å². The topological polar surface area (TPSA) is 66.6 Å². The fourth-order valence-corrected chi connectivity index (χ4v) is 7.82. The van der Waals surface area contributed by atoms with Gasteiger partial charge in [-0.15, -0.1) is 0 Å². The van der Waals surface area contributed by atoms with Gasteiger partial charge in [-0.25, -0.2) is 4.98 Å². The molecule has 5 nitrogen and oxygen atoms in total. The summed E-state index contributed by atoms with van der Waals surface area (Å²) < 4.78 is 6.48. The Hall–Kier alpha value is -3.08. The van der Waals surface area contributed by atoms with Crippen molar-refractivity contribution < 1.29 is 14.3 Å². The number of carbonyl (C=O) groups is 1. The third-order valence-corrected chi connectivity index (χ3v) is 10.6. The molecule has 0 bridgehead atoms. The number of aliphatic hydroxyl groups is 1. The maximum atomic E-state index is 14.3. The molecule has 0 aromatic carbocycles. The van der Waals surface area contributed by atoms with E-state index in [9.17, 15) is 9.90 Å². The summed E-state index contributed by atoms with van der Waals surface area (Å²) in [5.41, 5.74) is 6.09. The zero-order valence-corrected chi connectivity index (χ0v) is 29.0. The molecule has 0 spiro atoms. The van der Waals surface area contributed by atoms with Gasteiger partial charge in [-0.05, 0) is 101 Å². The molecule has 3 aliphatic rings. The number of aromatic nitrogens is 1. The van der Waals surface area contributed by atoms with Crippen LogP contribution in [0.25, 0.3) is 11.1 Å². The molecule has 1 aliphatic heterocycles. The number of pyridine rings is 1. The zero-order valence-electron chi connectivity index (χ0n) is 29.0. The van der Waals surface area contributed by atoms with E-state index in [-0.39, 0.29) is 22.6 Å². The van der Waals surface area contributed by atoms with Crippen LogP contribution >= 0.6 is 0 Å². The predicted octanol–water partition coefficient (Wildman–Crippen LogP) is 10.9. The first-order chi connectivity index (χ1) is 21.1. The number of carbonyl (C=O) groups excluding carboxylic acids is 1. The lowest BCUT2D eigenvalue weighted by Crippen LogP contribution is -2.50. The molecular formula is C40H56N2O3. The van der Waals surface area contributed by atoms with Crippen molar-refractivity contribution in [3.05, 3.63) is 76.9 Å². The maximum absolute atomic E-state index is 14.3. The Labute approximate surface area is 271 Å². The molecule has 1 atom stereocenters. The average molecular weight is 613 g/mol. The first-order valence-corrected chi connectivity index (χ1v) is 17.3. The number of furan rings is 1. The highest BCUT2D eigenvalue weighted by molar-refractivity contribution is 5.96. The minimum atomic E-state index is -0.304. The first-order valence-electron chi connectivity index (χ1n) is 17.3. The van der Waals surface area contributed by atoms with Crippen molar-refractivity contribution in [2.45, 2.75) is 136 Å². The molecule has 2 aliphatic carbocycles. The number of hydrogen-bond acceptors (Lipinski definition) is 4. The zero-order chi connectivity index (χ0) is 32.6. The molecule has 45 heavy (non-hydrogen) atoms. The van der Waals surface area contributed by atoms with Gasteiger partial charge in [0.1, 0.15) is 11.3 Å². The Kier molecular flexibility index (Phi) is 9.59. The van der Waals surface area contributed by atoms with Gasteiger partial charge in [-0.3, -0.25) is 4.79 Å². The van der Waals surface area contributed by atoms with E-state index < -0.39 is 0 Å². The molecule has 1 N–H and O–H groups in total. The number of hydrogen-bond donors (Lipinski definition) is 1. The third-order valence-electron chi connectivity index (χ3n) is 10.6. The summed E-state index contributed by atoms with van der Waals surface area (Å²) in [5, 5.41) is 9.78. The Morgan fingerprint density at radius 2 is 1.84 bits per heavy atom. The number of amides is 1. The van der Waals surface area contributed by atoms with Crippen molar-refractivity contribution >= 4 is 17.0 Å². The Morgan fingerprint density at radius 3 is 2.53 bits per heavy atom. The fourth-order valence-electron chi connectivity index (χ4n) is 7.82. The molecule has 1 saturated carbocycles. The molecule has 5 rings (SSSR count). The lowest BCUT2D eigenvalue weighted by atomic mass is 9.72. The standard InChI is InChI=1S/C40H56N2O3/c1-27(43)30-16-11-14-28(15-12-17-30)23-29-13-9-10-22-42(40(7,8)26-29)37(44)35-25-34-36(45-35)32(38(2,3)4)24-33(41-34)31-18-20-39(5,6)21-19-31/h11,14,16-17,24-25,29,31,43H,1,9-10,12-13,15,18-23,26H2,2-8H3/b16-11?,28-14-,30-17?. The molecule has 2 fully saturated rings. The van der Waals surface area contributed by atoms with Crippen LogP contribution in [0.1, 0.15) is 147 Å². The summed E-state index contributed by atoms with van der Waals surface area (Å²) in [7, 11) is 0. The summed E-state index contributed by atoms with van der Waals surface area (Å²) >= 11 is 0. The Bertz CT molecular complexity index is 1500. The number of rotatable bonds is 5. The number of fused-ring (bicyclic) bond motifs is 1. The second-order valence-corrected chi connectivity index (χ2v) is 16.5. The molecule has 1 amide bonds. The maximum Gasteiger partial charge on any atom is 0.290 e. The normalized spacial score (nSPS) is 24.2. The molecule has 5 heteroatoms. The summed E-state index contributed by atoms with van der Waals surface area (Å²) in [4.78, 5) is 21.5. The molecule has 2 aromatic heterocycles. The monoisotopic (exact) mass is 612 g/mol. The van der Waals surface area contributed by atoms with E-state index in [1.54, 1.807) is 0 Å². The first kappa shape index (κ1) is 33.3.